The van der Waals surface area contributed by atoms with Crippen molar-refractivity contribution in [2.45, 2.75) is 19.5 Å². The van der Waals surface area contributed by atoms with Crippen molar-refractivity contribution in [3.63, 3.8) is 0 Å². The summed E-state index contributed by atoms with van der Waals surface area (Å²) in [6.07, 6.45) is 1.36. The van der Waals surface area contributed by atoms with Crippen molar-refractivity contribution in [1.29, 1.82) is 5.26 Å². The molecule has 9 nitrogen and oxygen atoms in total. The van der Waals surface area contributed by atoms with Gasteiger partial charge in [0.2, 0.25) is 0 Å². The summed E-state index contributed by atoms with van der Waals surface area (Å²) >= 11 is 0. The van der Waals surface area contributed by atoms with Crippen LogP contribution in [0.4, 0.5) is 4.79 Å². The van der Waals surface area contributed by atoms with Crippen molar-refractivity contribution in [2.24, 2.45) is 0 Å². The number of carbonyl (C=O) groups is 2. The van der Waals surface area contributed by atoms with Crippen LogP contribution in [0, 0.1) is 11.3 Å². The molecule has 2 amide bonds. The highest BCUT2D eigenvalue weighted by Crippen LogP contribution is 2.28. The van der Waals surface area contributed by atoms with Gasteiger partial charge < -0.3 is 15.4 Å². The smallest absolute Gasteiger partial charge is 0.338 e. The Labute approximate surface area is 149 Å². The van der Waals surface area contributed by atoms with Gasteiger partial charge >= 0.3 is 12.0 Å². The summed E-state index contributed by atoms with van der Waals surface area (Å²) in [7, 11) is 0. The third-order valence-electron chi connectivity index (χ3n) is 3.74. The molecule has 1 atom stereocenters. The third-order valence-corrected chi connectivity index (χ3v) is 3.74. The fourth-order valence-electron chi connectivity index (χ4n) is 2.67. The molecule has 9 heteroatoms. The lowest BCUT2D eigenvalue weighted by Crippen LogP contribution is -2.46. The molecule has 1 aliphatic rings. The monoisotopic (exact) mass is 352 g/mol. The molecular formula is C17H16N6O3. The predicted octanol–water partition coefficient (Wildman–Crippen LogP) is 1.02. The molecule has 2 heterocycles. The van der Waals surface area contributed by atoms with E-state index in [1.165, 1.54) is 11.0 Å². The van der Waals surface area contributed by atoms with E-state index in [2.05, 4.69) is 20.7 Å². The van der Waals surface area contributed by atoms with Gasteiger partial charge in [-0.3, -0.25) is 0 Å². The first-order chi connectivity index (χ1) is 12.6. The summed E-state index contributed by atoms with van der Waals surface area (Å²) in [5, 5.41) is 18.2. The third kappa shape index (κ3) is 3.54. The molecule has 1 aliphatic heterocycles. The number of esters is 1. The zero-order chi connectivity index (χ0) is 18.5. The summed E-state index contributed by atoms with van der Waals surface area (Å²) in [5.41, 5.74) is 1.38. The molecule has 2 aromatic rings. The lowest BCUT2D eigenvalue weighted by atomic mass is 9.95. The molecule has 0 unspecified atom stereocenters. The van der Waals surface area contributed by atoms with E-state index in [4.69, 9.17) is 10.00 Å². The zero-order valence-electron chi connectivity index (χ0n) is 14.0. The van der Waals surface area contributed by atoms with E-state index < -0.39 is 18.0 Å². The molecule has 2 N–H and O–H groups in total. The highest BCUT2D eigenvalue weighted by atomic mass is 16.5. The average Bonchev–Trinajstić information content (AvgIpc) is 3.09. The Bertz CT molecular complexity index is 897. The number of nitriles is 1. The topological polar surface area (TPSA) is 122 Å². The first-order valence-corrected chi connectivity index (χ1v) is 7.94. The number of nitrogens with zero attached hydrogens (tertiary/aromatic N) is 4. The van der Waals surface area contributed by atoms with E-state index in [1.807, 2.05) is 36.4 Å². The summed E-state index contributed by atoms with van der Waals surface area (Å²) in [4.78, 5) is 28.5. The van der Waals surface area contributed by atoms with Crippen molar-refractivity contribution < 1.29 is 14.3 Å². The van der Waals surface area contributed by atoms with Crippen LogP contribution in [-0.4, -0.2) is 33.4 Å². The minimum atomic E-state index is -0.655. The van der Waals surface area contributed by atoms with Crippen molar-refractivity contribution in [3.8, 4) is 6.07 Å². The van der Waals surface area contributed by atoms with Gasteiger partial charge in [-0.2, -0.15) is 5.26 Å². The number of hydrogen-bond donors (Lipinski definition) is 2. The van der Waals surface area contributed by atoms with E-state index in [0.717, 1.165) is 5.56 Å². The van der Waals surface area contributed by atoms with Crippen LogP contribution in [0.1, 0.15) is 24.4 Å². The molecular weight excluding hydrogens is 336 g/mol. The fourth-order valence-corrected chi connectivity index (χ4v) is 2.67. The number of urea groups is 1. The second-order valence-corrected chi connectivity index (χ2v) is 5.43. The van der Waals surface area contributed by atoms with Gasteiger partial charge in [0, 0.05) is 0 Å². The van der Waals surface area contributed by atoms with Crippen LogP contribution in [0.25, 0.3) is 0 Å². The lowest BCUT2D eigenvalue weighted by Gasteiger charge is -2.29. The van der Waals surface area contributed by atoms with Gasteiger partial charge in [0.1, 0.15) is 12.4 Å². The molecule has 1 aromatic heterocycles. The number of hydrogen-bond acceptors (Lipinski definition) is 6. The van der Waals surface area contributed by atoms with Gasteiger partial charge in [0.25, 0.3) is 5.82 Å². The van der Waals surface area contributed by atoms with Crippen LogP contribution < -0.4 is 10.6 Å². The minimum Gasteiger partial charge on any atom is -0.463 e. The van der Waals surface area contributed by atoms with Gasteiger partial charge in [-0.15, -0.1) is 5.10 Å². The number of aromatic nitrogens is 3. The van der Waals surface area contributed by atoms with Gasteiger partial charge in [0.15, 0.2) is 0 Å². The molecule has 0 fully saturated rings. The summed E-state index contributed by atoms with van der Waals surface area (Å²) < 4.78 is 6.55. The van der Waals surface area contributed by atoms with Crippen molar-refractivity contribution >= 4 is 12.0 Å². The van der Waals surface area contributed by atoms with Crippen LogP contribution in [0.15, 0.2) is 47.9 Å². The second kappa shape index (κ2) is 7.48. The van der Waals surface area contributed by atoms with Crippen molar-refractivity contribution in [3.05, 3.63) is 59.3 Å². The highest BCUT2D eigenvalue weighted by molar-refractivity contribution is 5.95. The van der Waals surface area contributed by atoms with Gasteiger partial charge in [0.05, 0.1) is 30.5 Å². The molecule has 0 radical (unpaired) electrons. The van der Waals surface area contributed by atoms with E-state index >= 15 is 0 Å². The zero-order valence-corrected chi connectivity index (χ0v) is 14.0. The number of nitrogens with one attached hydrogen (secondary N) is 2. The first kappa shape index (κ1) is 17.2. The normalized spacial score (nSPS) is 16.5. The second-order valence-electron chi connectivity index (χ2n) is 5.43. The summed E-state index contributed by atoms with van der Waals surface area (Å²) in [5.74, 6) is -0.535. The van der Waals surface area contributed by atoms with Crippen LogP contribution in [0.2, 0.25) is 0 Å². The Balaban J connectivity index is 2.04. The van der Waals surface area contributed by atoms with E-state index in [0.29, 0.717) is 5.70 Å². The van der Waals surface area contributed by atoms with Crippen molar-refractivity contribution in [1.82, 2.24) is 25.4 Å². The maximum absolute atomic E-state index is 12.6. The molecule has 1 aromatic carbocycles. The lowest BCUT2D eigenvalue weighted by molar-refractivity contribution is -0.139. The predicted molar refractivity (Wildman–Crippen MR) is 89.2 cm³/mol. The van der Waals surface area contributed by atoms with Gasteiger partial charge in [-0.05, 0) is 12.5 Å². The summed E-state index contributed by atoms with van der Waals surface area (Å²) in [6, 6.07) is 9.86. The standard InChI is InChI=1S/C17H16N6O3/c1-2-26-16(24)14-12(9-23-10-19-13(8-18)22-23)20-17(25)21-15(14)11-6-4-3-5-7-11/h3-7,10,15H,2,9H2,1H3,(H2,20,21,25)/t15-/m1/s1. The van der Waals surface area contributed by atoms with Gasteiger partial charge in [-0.1, -0.05) is 30.3 Å². The van der Waals surface area contributed by atoms with Crippen LogP contribution in [0.5, 0.6) is 0 Å². The largest absolute Gasteiger partial charge is 0.463 e. The fraction of sp³-hybridized carbons (Fsp3) is 0.235. The van der Waals surface area contributed by atoms with Crippen molar-refractivity contribution in [2.75, 3.05) is 6.61 Å². The quantitative estimate of drug-likeness (QED) is 0.775. The minimum absolute atomic E-state index is 0.00292. The van der Waals surface area contributed by atoms with E-state index in [-0.39, 0.29) is 24.5 Å². The Hall–Kier alpha value is -3.67. The number of ether oxygens (including phenoxy) is 1. The molecule has 0 saturated carbocycles. The Morgan fingerprint density at radius 1 is 1.38 bits per heavy atom. The molecule has 132 valence electrons. The Kier molecular flexibility index (Phi) is 4.94. The molecule has 0 saturated heterocycles. The maximum atomic E-state index is 12.6. The maximum Gasteiger partial charge on any atom is 0.338 e. The SMILES string of the molecule is CCOC(=O)C1=C(Cn2cnc(C#N)n2)NC(=O)N[C@@H]1c1ccccc1. The van der Waals surface area contributed by atoms with Crippen LogP contribution in [0.3, 0.4) is 0 Å². The average molecular weight is 352 g/mol. The number of benzene rings is 1. The number of carbonyl (C=O) groups excluding carboxylic acids is 2. The molecule has 3 rings (SSSR count). The van der Waals surface area contributed by atoms with E-state index in [9.17, 15) is 9.59 Å². The van der Waals surface area contributed by atoms with Crippen LogP contribution in [-0.2, 0) is 16.1 Å². The molecule has 26 heavy (non-hydrogen) atoms. The highest BCUT2D eigenvalue weighted by Gasteiger charge is 2.33. The molecule has 0 spiro atoms. The number of allylic oxidation sites excluding steroid dienone is 1. The van der Waals surface area contributed by atoms with E-state index in [1.54, 1.807) is 6.92 Å². The Morgan fingerprint density at radius 3 is 2.81 bits per heavy atom. The first-order valence-electron chi connectivity index (χ1n) is 7.94. The Morgan fingerprint density at radius 2 is 2.15 bits per heavy atom. The molecule has 0 bridgehead atoms. The number of amides is 2. The number of rotatable bonds is 5. The van der Waals surface area contributed by atoms with Gasteiger partial charge in [-0.25, -0.2) is 19.3 Å². The molecule has 0 aliphatic carbocycles. The van der Waals surface area contributed by atoms with Crippen LogP contribution >= 0.6 is 0 Å². The summed E-state index contributed by atoms with van der Waals surface area (Å²) in [6.45, 7) is 1.98.